The van der Waals surface area contributed by atoms with Crippen LogP contribution >= 0.6 is 11.3 Å². The summed E-state index contributed by atoms with van der Waals surface area (Å²) in [7, 11) is 1.55. The summed E-state index contributed by atoms with van der Waals surface area (Å²) < 4.78 is 7.23. The van der Waals surface area contributed by atoms with Gasteiger partial charge in [0.2, 0.25) is 5.88 Å². The number of rotatable bonds is 4. The lowest BCUT2D eigenvalue weighted by molar-refractivity contribution is 0.398. The standard InChI is InChI=1S/C23H20N6OS/c1-12-6-16(14(3)29(12)23-18(10-25)13(2)15(4)31-23)7-17(9-24)22-27-19-8-21(30-5)26-11-20(19)28-22/h6-8,11H,1-5H3,(H,27,28). The van der Waals surface area contributed by atoms with Gasteiger partial charge in [-0.2, -0.15) is 10.5 Å². The third kappa shape index (κ3) is 3.37. The average molecular weight is 429 g/mol. The Morgan fingerprint density at radius 2 is 2.00 bits per heavy atom. The van der Waals surface area contributed by atoms with Crippen LogP contribution in [0.4, 0.5) is 0 Å². The highest BCUT2D eigenvalue weighted by Crippen LogP contribution is 2.34. The Hall–Kier alpha value is -3.88. The number of imidazole rings is 1. The Balaban J connectivity index is 1.82. The fourth-order valence-corrected chi connectivity index (χ4v) is 4.80. The molecule has 1 N–H and O–H groups in total. The number of aromatic amines is 1. The lowest BCUT2D eigenvalue weighted by Gasteiger charge is -2.07. The van der Waals surface area contributed by atoms with Crippen LogP contribution < -0.4 is 4.74 Å². The Labute approximate surface area is 183 Å². The molecule has 8 heteroatoms. The number of nitrogens with one attached hydrogen (secondary N) is 1. The maximum Gasteiger partial charge on any atom is 0.215 e. The zero-order valence-electron chi connectivity index (χ0n) is 17.9. The number of hydrogen-bond acceptors (Lipinski definition) is 6. The van der Waals surface area contributed by atoms with Crippen molar-refractivity contribution in [2.24, 2.45) is 0 Å². The molecule has 0 atom stereocenters. The van der Waals surface area contributed by atoms with E-state index in [-0.39, 0.29) is 0 Å². The molecule has 0 radical (unpaired) electrons. The zero-order valence-corrected chi connectivity index (χ0v) is 18.7. The first-order valence-corrected chi connectivity index (χ1v) is 10.4. The molecule has 0 aliphatic carbocycles. The lowest BCUT2D eigenvalue weighted by atomic mass is 10.1. The van der Waals surface area contributed by atoms with Crippen LogP contribution in [0.25, 0.3) is 27.7 Å². The summed E-state index contributed by atoms with van der Waals surface area (Å²) in [5.41, 5.74) is 6.38. The van der Waals surface area contributed by atoms with Gasteiger partial charge in [-0.05, 0) is 51.0 Å². The summed E-state index contributed by atoms with van der Waals surface area (Å²) in [5, 5.41) is 20.4. The largest absolute Gasteiger partial charge is 0.481 e. The molecule has 0 saturated carbocycles. The molecular formula is C23H20N6OS. The molecule has 4 aromatic heterocycles. The molecule has 0 aliphatic rings. The zero-order chi connectivity index (χ0) is 22.3. The third-order valence-corrected chi connectivity index (χ3v) is 6.57. The number of ether oxygens (including phenoxy) is 1. The van der Waals surface area contributed by atoms with Crippen molar-refractivity contribution in [3.05, 3.63) is 57.1 Å². The van der Waals surface area contributed by atoms with Gasteiger partial charge < -0.3 is 14.3 Å². The molecule has 4 rings (SSSR count). The molecule has 4 heterocycles. The number of hydrogen-bond donors (Lipinski definition) is 1. The van der Waals surface area contributed by atoms with Gasteiger partial charge in [-0.15, -0.1) is 11.3 Å². The van der Waals surface area contributed by atoms with E-state index in [2.05, 4.69) is 31.7 Å². The second kappa shape index (κ2) is 7.75. The van der Waals surface area contributed by atoms with Crippen molar-refractivity contribution in [1.29, 1.82) is 10.5 Å². The van der Waals surface area contributed by atoms with E-state index in [1.165, 1.54) is 0 Å². The number of allylic oxidation sites excluding steroid dienone is 1. The minimum atomic E-state index is 0.412. The van der Waals surface area contributed by atoms with Crippen molar-refractivity contribution in [3.8, 4) is 23.0 Å². The first-order chi connectivity index (χ1) is 14.9. The number of nitrogens with zero attached hydrogens (tertiary/aromatic N) is 5. The lowest BCUT2D eigenvalue weighted by Crippen LogP contribution is -1.99. The molecule has 154 valence electrons. The van der Waals surface area contributed by atoms with E-state index in [0.717, 1.165) is 37.9 Å². The van der Waals surface area contributed by atoms with Crippen molar-refractivity contribution in [2.75, 3.05) is 7.11 Å². The maximum absolute atomic E-state index is 9.81. The van der Waals surface area contributed by atoms with E-state index in [1.807, 2.05) is 39.8 Å². The van der Waals surface area contributed by atoms with Gasteiger partial charge in [-0.3, -0.25) is 0 Å². The Kier molecular flexibility index (Phi) is 5.10. The van der Waals surface area contributed by atoms with Gasteiger partial charge in [0.25, 0.3) is 0 Å². The molecular weight excluding hydrogens is 408 g/mol. The highest BCUT2D eigenvalue weighted by atomic mass is 32.1. The molecule has 0 saturated heterocycles. The number of methoxy groups -OCH3 is 1. The van der Waals surface area contributed by atoms with Crippen LogP contribution in [0.2, 0.25) is 0 Å². The van der Waals surface area contributed by atoms with Gasteiger partial charge in [0.1, 0.15) is 23.0 Å². The average Bonchev–Trinajstić information content (AvgIpc) is 3.39. The third-order valence-electron chi connectivity index (χ3n) is 5.38. The highest BCUT2D eigenvalue weighted by molar-refractivity contribution is 7.14. The summed E-state index contributed by atoms with van der Waals surface area (Å²) >= 11 is 1.61. The quantitative estimate of drug-likeness (QED) is 0.461. The summed E-state index contributed by atoms with van der Waals surface area (Å²) in [6, 6.07) is 8.33. The highest BCUT2D eigenvalue weighted by Gasteiger charge is 2.19. The fourth-order valence-electron chi connectivity index (χ4n) is 3.58. The van der Waals surface area contributed by atoms with Gasteiger partial charge in [-0.1, -0.05) is 0 Å². The van der Waals surface area contributed by atoms with Crippen molar-refractivity contribution in [1.82, 2.24) is 19.5 Å². The van der Waals surface area contributed by atoms with Crippen molar-refractivity contribution in [3.63, 3.8) is 0 Å². The predicted molar refractivity (Wildman–Crippen MR) is 121 cm³/mol. The second-order valence-corrected chi connectivity index (χ2v) is 8.44. The number of H-pyrrole nitrogens is 1. The Morgan fingerprint density at radius 3 is 2.68 bits per heavy atom. The number of aromatic nitrogens is 4. The van der Waals surface area contributed by atoms with Crippen molar-refractivity contribution in [2.45, 2.75) is 27.7 Å². The van der Waals surface area contributed by atoms with Crippen LogP contribution in [0.1, 0.15) is 38.8 Å². The van der Waals surface area contributed by atoms with Gasteiger partial charge >= 0.3 is 0 Å². The number of thiophene rings is 1. The molecule has 7 nitrogen and oxygen atoms in total. The van der Waals surface area contributed by atoms with E-state index in [0.29, 0.717) is 28.4 Å². The Bertz CT molecular complexity index is 1440. The number of pyridine rings is 1. The molecule has 0 amide bonds. The van der Waals surface area contributed by atoms with Crippen LogP contribution in [0.3, 0.4) is 0 Å². The minimum absolute atomic E-state index is 0.412. The molecule has 0 spiro atoms. The van der Waals surface area contributed by atoms with Crippen LogP contribution in [0.5, 0.6) is 5.88 Å². The monoisotopic (exact) mass is 428 g/mol. The topological polar surface area (TPSA) is 103 Å². The van der Waals surface area contributed by atoms with E-state index in [9.17, 15) is 10.5 Å². The number of aryl methyl sites for hydroxylation is 2. The smallest absolute Gasteiger partial charge is 0.215 e. The predicted octanol–water partition coefficient (Wildman–Crippen LogP) is 4.99. The summed E-state index contributed by atoms with van der Waals surface area (Å²) in [5.74, 6) is 0.935. The summed E-state index contributed by atoms with van der Waals surface area (Å²) in [6.45, 7) is 7.99. The van der Waals surface area contributed by atoms with Gasteiger partial charge in [0.15, 0.2) is 0 Å². The first-order valence-electron chi connectivity index (χ1n) is 9.59. The number of fused-ring (bicyclic) bond motifs is 1. The second-order valence-electron chi connectivity index (χ2n) is 7.24. The molecule has 4 aromatic rings. The molecule has 0 aromatic carbocycles. The van der Waals surface area contributed by atoms with Crippen LogP contribution in [0, 0.1) is 50.4 Å². The van der Waals surface area contributed by atoms with Gasteiger partial charge in [0, 0.05) is 22.3 Å². The van der Waals surface area contributed by atoms with Gasteiger partial charge in [0.05, 0.1) is 35.5 Å². The van der Waals surface area contributed by atoms with Crippen LogP contribution in [-0.2, 0) is 0 Å². The first kappa shape index (κ1) is 20.4. The van der Waals surface area contributed by atoms with Crippen LogP contribution in [0.15, 0.2) is 18.3 Å². The van der Waals surface area contributed by atoms with E-state index in [4.69, 9.17) is 4.74 Å². The normalized spacial score (nSPS) is 11.5. The van der Waals surface area contributed by atoms with E-state index in [1.54, 1.807) is 30.7 Å². The molecule has 0 unspecified atom stereocenters. The van der Waals surface area contributed by atoms with Gasteiger partial charge in [-0.25, -0.2) is 9.97 Å². The van der Waals surface area contributed by atoms with E-state index >= 15 is 0 Å². The molecule has 0 bridgehead atoms. The Morgan fingerprint density at radius 1 is 1.23 bits per heavy atom. The molecule has 0 aliphatic heterocycles. The summed E-state index contributed by atoms with van der Waals surface area (Å²) in [6.07, 6.45) is 3.46. The van der Waals surface area contributed by atoms with Crippen molar-refractivity contribution < 1.29 is 4.74 Å². The van der Waals surface area contributed by atoms with E-state index < -0.39 is 0 Å². The fraction of sp³-hybridized carbons (Fsp3) is 0.217. The van der Waals surface area contributed by atoms with Crippen molar-refractivity contribution >= 4 is 34.0 Å². The molecule has 31 heavy (non-hydrogen) atoms. The SMILES string of the molecule is COc1cc2nc(C(C#N)=Cc3cc(C)n(-c4sc(C)c(C)c4C#N)c3C)[nH]c2cn1. The number of nitriles is 2. The summed E-state index contributed by atoms with van der Waals surface area (Å²) in [4.78, 5) is 13.0. The molecule has 0 fully saturated rings. The van der Waals surface area contributed by atoms with Crippen LogP contribution in [-0.4, -0.2) is 26.6 Å². The minimum Gasteiger partial charge on any atom is -0.481 e. The maximum atomic E-state index is 9.81.